The standard InChI is InChI=1S/C29H16N2O7/c32-25-22-12-10-20(15-24(22)28(35)30(25)17-5-2-1-3-6-17)38-19-8-4-7-18(14-19)31-26(33)21-11-9-16(29(36)37)13-23(21)27(31)34/h1-15H,(H,36,37). The molecule has 4 aromatic carbocycles. The molecule has 6 rings (SSSR count). The first-order chi connectivity index (χ1) is 18.3. The molecule has 0 aromatic heterocycles. The highest BCUT2D eigenvalue weighted by Gasteiger charge is 2.38. The number of carbonyl (C=O) groups is 5. The van der Waals surface area contributed by atoms with Crippen molar-refractivity contribution in [3.05, 3.63) is 119 Å². The summed E-state index contributed by atoms with van der Waals surface area (Å²) in [5, 5.41) is 9.22. The Morgan fingerprint density at radius 3 is 1.79 bits per heavy atom. The van der Waals surface area contributed by atoms with Crippen LogP contribution in [0.1, 0.15) is 51.8 Å². The molecule has 4 amide bonds. The number of amides is 4. The lowest BCUT2D eigenvalue weighted by Crippen LogP contribution is -2.29. The topological polar surface area (TPSA) is 121 Å². The third-order valence-electron chi connectivity index (χ3n) is 6.32. The lowest BCUT2D eigenvalue weighted by molar-refractivity contribution is 0.0695. The summed E-state index contributed by atoms with van der Waals surface area (Å²) in [6.45, 7) is 0. The molecule has 1 N–H and O–H groups in total. The number of ether oxygens (including phenoxy) is 1. The second-order valence-corrected chi connectivity index (χ2v) is 8.60. The van der Waals surface area contributed by atoms with Gasteiger partial charge in [-0.1, -0.05) is 24.3 Å². The molecule has 0 atom stereocenters. The number of carboxylic acids is 1. The maximum atomic E-state index is 13.0. The van der Waals surface area contributed by atoms with Crippen molar-refractivity contribution in [3.63, 3.8) is 0 Å². The van der Waals surface area contributed by atoms with E-state index >= 15 is 0 Å². The molecule has 4 aromatic rings. The molecule has 9 heteroatoms. The van der Waals surface area contributed by atoms with Crippen LogP contribution in [0.25, 0.3) is 0 Å². The smallest absolute Gasteiger partial charge is 0.335 e. The van der Waals surface area contributed by atoms with Gasteiger partial charge in [-0.3, -0.25) is 19.2 Å². The van der Waals surface area contributed by atoms with Crippen LogP contribution >= 0.6 is 0 Å². The van der Waals surface area contributed by atoms with E-state index in [2.05, 4.69) is 0 Å². The Hall–Kier alpha value is -5.57. The van der Waals surface area contributed by atoms with Gasteiger partial charge in [0, 0.05) is 6.07 Å². The van der Waals surface area contributed by atoms with Gasteiger partial charge in [-0.15, -0.1) is 0 Å². The van der Waals surface area contributed by atoms with E-state index in [0.29, 0.717) is 5.69 Å². The highest BCUT2D eigenvalue weighted by atomic mass is 16.5. The minimum Gasteiger partial charge on any atom is -0.478 e. The minimum atomic E-state index is -1.21. The summed E-state index contributed by atoms with van der Waals surface area (Å²) in [4.78, 5) is 65.1. The molecule has 2 aliphatic heterocycles. The molecule has 0 bridgehead atoms. The summed E-state index contributed by atoms with van der Waals surface area (Å²) in [5.41, 5.74) is 1.16. The molecule has 0 saturated heterocycles. The van der Waals surface area contributed by atoms with E-state index in [1.54, 1.807) is 54.6 Å². The predicted octanol–water partition coefficient (Wildman–Crippen LogP) is 4.78. The summed E-state index contributed by atoms with van der Waals surface area (Å²) in [5.74, 6) is -2.77. The molecule has 0 radical (unpaired) electrons. The van der Waals surface area contributed by atoms with Crippen LogP contribution in [-0.2, 0) is 0 Å². The molecule has 0 saturated carbocycles. The Bertz CT molecular complexity index is 1710. The molecule has 184 valence electrons. The Morgan fingerprint density at radius 2 is 1.11 bits per heavy atom. The van der Waals surface area contributed by atoms with Gasteiger partial charge in [-0.05, 0) is 60.7 Å². The van der Waals surface area contributed by atoms with E-state index < -0.39 is 29.6 Å². The van der Waals surface area contributed by atoms with E-state index in [0.717, 1.165) is 9.80 Å². The van der Waals surface area contributed by atoms with Crippen molar-refractivity contribution in [2.24, 2.45) is 0 Å². The van der Waals surface area contributed by atoms with Crippen molar-refractivity contribution in [3.8, 4) is 11.5 Å². The number of benzene rings is 4. The Balaban J connectivity index is 1.27. The fourth-order valence-corrected chi connectivity index (χ4v) is 4.53. The normalized spacial score (nSPS) is 14.1. The first kappa shape index (κ1) is 22.9. The van der Waals surface area contributed by atoms with Gasteiger partial charge in [-0.25, -0.2) is 14.6 Å². The van der Waals surface area contributed by atoms with Gasteiger partial charge in [0.05, 0.1) is 39.2 Å². The third-order valence-corrected chi connectivity index (χ3v) is 6.32. The molecule has 0 unspecified atom stereocenters. The number of para-hydroxylation sites is 1. The minimum absolute atomic E-state index is 0.00555. The number of nitrogens with zero attached hydrogens (tertiary/aromatic N) is 2. The number of hydrogen-bond acceptors (Lipinski definition) is 6. The maximum Gasteiger partial charge on any atom is 0.335 e. The Kier molecular flexibility index (Phi) is 5.13. The molecule has 0 aliphatic carbocycles. The molecule has 9 nitrogen and oxygen atoms in total. The monoisotopic (exact) mass is 504 g/mol. The van der Waals surface area contributed by atoms with E-state index in [9.17, 15) is 29.1 Å². The van der Waals surface area contributed by atoms with Crippen molar-refractivity contribution >= 4 is 41.0 Å². The van der Waals surface area contributed by atoms with E-state index in [-0.39, 0.29) is 45.0 Å². The van der Waals surface area contributed by atoms with Gasteiger partial charge in [0.25, 0.3) is 23.6 Å². The van der Waals surface area contributed by atoms with Gasteiger partial charge in [-0.2, -0.15) is 0 Å². The molecule has 0 spiro atoms. The molecule has 2 aliphatic rings. The van der Waals surface area contributed by atoms with Crippen LogP contribution in [0.5, 0.6) is 11.5 Å². The second kappa shape index (κ2) is 8.52. The fraction of sp³-hybridized carbons (Fsp3) is 0. The lowest BCUT2D eigenvalue weighted by atomic mass is 10.1. The molecule has 0 fully saturated rings. The molecule has 38 heavy (non-hydrogen) atoms. The summed E-state index contributed by atoms with van der Waals surface area (Å²) in [6.07, 6.45) is 0. The summed E-state index contributed by atoms with van der Waals surface area (Å²) >= 11 is 0. The second-order valence-electron chi connectivity index (χ2n) is 8.60. The van der Waals surface area contributed by atoms with E-state index in [4.69, 9.17) is 4.74 Å². The van der Waals surface area contributed by atoms with E-state index in [1.807, 2.05) is 0 Å². The largest absolute Gasteiger partial charge is 0.478 e. The van der Waals surface area contributed by atoms with Gasteiger partial charge in [0.1, 0.15) is 11.5 Å². The maximum absolute atomic E-state index is 13.0. The number of anilines is 2. The van der Waals surface area contributed by atoms with Gasteiger partial charge in [0.15, 0.2) is 0 Å². The van der Waals surface area contributed by atoms with Crippen LogP contribution < -0.4 is 14.5 Å². The quantitative estimate of drug-likeness (QED) is 0.388. The third kappa shape index (κ3) is 3.53. The average molecular weight is 504 g/mol. The first-order valence-electron chi connectivity index (χ1n) is 11.5. The number of aromatic carboxylic acids is 1. The zero-order valence-corrected chi connectivity index (χ0v) is 19.5. The van der Waals surface area contributed by atoms with E-state index in [1.165, 1.54) is 36.4 Å². The molecular formula is C29H16N2O7. The van der Waals surface area contributed by atoms with Crippen molar-refractivity contribution in [1.82, 2.24) is 0 Å². The lowest BCUT2D eigenvalue weighted by Gasteiger charge is -2.15. The molecular weight excluding hydrogens is 488 g/mol. The Morgan fingerprint density at radius 1 is 0.553 bits per heavy atom. The number of carbonyl (C=O) groups excluding carboxylic acids is 4. The van der Waals surface area contributed by atoms with Gasteiger partial charge < -0.3 is 9.84 Å². The Labute approximate surface area is 215 Å². The van der Waals surface area contributed by atoms with Crippen LogP contribution in [0.4, 0.5) is 11.4 Å². The predicted molar refractivity (Wildman–Crippen MR) is 135 cm³/mol. The number of carboxylic acid groups (broad SMARTS) is 1. The zero-order chi connectivity index (χ0) is 26.6. The van der Waals surface area contributed by atoms with Crippen LogP contribution in [0.15, 0.2) is 91.0 Å². The van der Waals surface area contributed by atoms with Crippen molar-refractivity contribution in [1.29, 1.82) is 0 Å². The first-order valence-corrected chi connectivity index (χ1v) is 11.5. The highest BCUT2D eigenvalue weighted by molar-refractivity contribution is 6.35. The average Bonchev–Trinajstić information content (AvgIpc) is 3.32. The molecule has 2 heterocycles. The summed E-state index contributed by atoms with van der Waals surface area (Å²) < 4.78 is 5.92. The number of fused-ring (bicyclic) bond motifs is 2. The van der Waals surface area contributed by atoms with Crippen LogP contribution in [0.2, 0.25) is 0 Å². The zero-order valence-electron chi connectivity index (χ0n) is 19.5. The summed E-state index contributed by atoms with van der Waals surface area (Å²) in [7, 11) is 0. The highest BCUT2D eigenvalue weighted by Crippen LogP contribution is 2.35. The van der Waals surface area contributed by atoms with Crippen LogP contribution in [-0.4, -0.2) is 34.7 Å². The van der Waals surface area contributed by atoms with Gasteiger partial charge >= 0.3 is 5.97 Å². The number of imide groups is 2. The van der Waals surface area contributed by atoms with Crippen LogP contribution in [0, 0.1) is 0 Å². The van der Waals surface area contributed by atoms with Crippen LogP contribution in [0.3, 0.4) is 0 Å². The number of hydrogen-bond donors (Lipinski definition) is 1. The SMILES string of the molecule is O=C(O)c1ccc2c(c1)C(=O)N(c1cccc(Oc3ccc4c(c3)C(=O)N(c3ccccc3)C4=O)c1)C2=O. The fourth-order valence-electron chi connectivity index (χ4n) is 4.53. The van der Waals surface area contributed by atoms with Crippen molar-refractivity contribution in [2.45, 2.75) is 0 Å². The number of rotatable bonds is 5. The van der Waals surface area contributed by atoms with Crippen molar-refractivity contribution in [2.75, 3.05) is 9.80 Å². The summed E-state index contributed by atoms with van der Waals surface area (Å²) in [6, 6.07) is 23.2. The van der Waals surface area contributed by atoms with Gasteiger partial charge in [0.2, 0.25) is 0 Å². The van der Waals surface area contributed by atoms with Crippen molar-refractivity contribution < 1.29 is 33.8 Å².